The molecule has 0 radical (unpaired) electrons. The normalized spacial score (nSPS) is 22.3. The molecule has 1 spiro atoms. The maximum Gasteiger partial charge on any atom is 0.325 e. The number of urea groups is 1. The predicted molar refractivity (Wildman–Crippen MR) is 129 cm³/mol. The number of anilines is 1. The Bertz CT molecular complexity index is 1120. The van der Waals surface area contributed by atoms with Crippen molar-refractivity contribution in [1.29, 1.82) is 0 Å². The van der Waals surface area contributed by atoms with E-state index in [1.54, 1.807) is 11.0 Å². The number of likely N-dealkylation sites (N-methyl/N-ethyl adjacent to an activating group) is 1. The van der Waals surface area contributed by atoms with Crippen molar-refractivity contribution in [3.8, 4) is 0 Å². The Morgan fingerprint density at radius 2 is 1.91 bits per heavy atom. The number of carbonyl (C=O) groups is 4. The van der Waals surface area contributed by atoms with Crippen molar-refractivity contribution in [2.75, 3.05) is 25.0 Å². The number of hydrogen-bond donors (Lipinski definition) is 2. The number of nitrogens with one attached hydrogen (secondary N) is 2. The van der Waals surface area contributed by atoms with Gasteiger partial charge in [-0.15, -0.1) is 0 Å². The van der Waals surface area contributed by atoms with Crippen LogP contribution in [0.25, 0.3) is 10.9 Å². The van der Waals surface area contributed by atoms with Gasteiger partial charge in [0.05, 0.1) is 0 Å². The molecule has 1 aromatic heterocycles. The van der Waals surface area contributed by atoms with Crippen molar-refractivity contribution >= 4 is 40.3 Å². The SMILES string of the molecule is CCN(CC)C(=O)Cn1ccc2cc(NC(=O)CN3C(=O)NC4(CCCCC4C)C3=O)ccc21. The summed E-state index contributed by atoms with van der Waals surface area (Å²) in [4.78, 5) is 53.6. The lowest BCUT2D eigenvalue weighted by Crippen LogP contribution is -2.54. The van der Waals surface area contributed by atoms with Crippen LogP contribution < -0.4 is 10.6 Å². The molecule has 2 fully saturated rings. The van der Waals surface area contributed by atoms with Crippen LogP contribution in [0.2, 0.25) is 0 Å². The first-order valence-corrected chi connectivity index (χ1v) is 12.1. The number of hydrogen-bond acceptors (Lipinski definition) is 4. The lowest BCUT2D eigenvalue weighted by molar-refractivity contribution is -0.136. The van der Waals surface area contributed by atoms with E-state index in [1.807, 2.05) is 49.7 Å². The fraction of sp³-hybridized carbons (Fsp3) is 0.520. The van der Waals surface area contributed by atoms with Gasteiger partial charge in [0.15, 0.2) is 0 Å². The van der Waals surface area contributed by atoms with Gasteiger partial charge in [-0.2, -0.15) is 0 Å². The van der Waals surface area contributed by atoms with E-state index in [-0.39, 0.29) is 30.8 Å². The van der Waals surface area contributed by atoms with Crippen molar-refractivity contribution in [2.45, 2.75) is 58.5 Å². The monoisotopic (exact) mass is 467 g/mol. The van der Waals surface area contributed by atoms with Crippen LogP contribution in [0.3, 0.4) is 0 Å². The minimum absolute atomic E-state index is 0.0471. The van der Waals surface area contributed by atoms with Gasteiger partial charge < -0.3 is 20.1 Å². The molecule has 4 rings (SSSR count). The molecule has 1 saturated heterocycles. The Morgan fingerprint density at radius 3 is 2.62 bits per heavy atom. The van der Waals surface area contributed by atoms with Crippen LogP contribution in [0.4, 0.5) is 10.5 Å². The Hall–Kier alpha value is -3.36. The molecular weight excluding hydrogens is 434 g/mol. The van der Waals surface area contributed by atoms with E-state index in [0.717, 1.165) is 35.1 Å². The second-order valence-electron chi connectivity index (χ2n) is 9.27. The van der Waals surface area contributed by atoms with Gasteiger partial charge in [0.1, 0.15) is 18.6 Å². The summed E-state index contributed by atoms with van der Waals surface area (Å²) in [6.45, 7) is 7.17. The molecular formula is C25H33N5O4. The van der Waals surface area contributed by atoms with Crippen molar-refractivity contribution < 1.29 is 19.2 Å². The van der Waals surface area contributed by atoms with Crippen LogP contribution in [0.1, 0.15) is 46.5 Å². The standard InChI is InChI=1S/C25H33N5O4/c1-4-28(5-2)22(32)16-29-13-11-18-14-19(9-10-20(18)29)26-21(31)15-30-23(33)25(27-24(30)34)12-7-6-8-17(25)3/h9-11,13-14,17H,4-8,12,15-16H2,1-3H3,(H,26,31)(H,27,34). The van der Waals surface area contributed by atoms with Crippen LogP contribution in [-0.4, -0.2) is 63.3 Å². The smallest absolute Gasteiger partial charge is 0.325 e. The third kappa shape index (κ3) is 4.26. The summed E-state index contributed by atoms with van der Waals surface area (Å²) in [6, 6.07) is 6.83. The number of rotatable bonds is 7. The number of imide groups is 1. The average molecular weight is 468 g/mol. The molecule has 2 heterocycles. The first-order chi connectivity index (χ1) is 16.3. The zero-order valence-corrected chi connectivity index (χ0v) is 20.1. The molecule has 5 amide bonds. The summed E-state index contributed by atoms with van der Waals surface area (Å²) in [5.41, 5.74) is 0.582. The largest absolute Gasteiger partial charge is 0.342 e. The molecule has 34 heavy (non-hydrogen) atoms. The van der Waals surface area contributed by atoms with E-state index < -0.39 is 17.5 Å². The van der Waals surface area contributed by atoms with Gasteiger partial charge in [-0.1, -0.05) is 19.8 Å². The van der Waals surface area contributed by atoms with Gasteiger partial charge in [0.2, 0.25) is 11.8 Å². The summed E-state index contributed by atoms with van der Waals surface area (Å²) >= 11 is 0. The second-order valence-corrected chi connectivity index (χ2v) is 9.27. The molecule has 1 aliphatic carbocycles. The van der Waals surface area contributed by atoms with Crippen molar-refractivity contribution in [2.24, 2.45) is 5.92 Å². The number of fused-ring (bicyclic) bond motifs is 1. The number of amides is 5. The number of carbonyl (C=O) groups excluding carboxylic acids is 4. The molecule has 182 valence electrons. The zero-order chi connectivity index (χ0) is 24.5. The van der Waals surface area contributed by atoms with Gasteiger partial charge in [-0.3, -0.25) is 19.3 Å². The quantitative estimate of drug-likeness (QED) is 0.611. The van der Waals surface area contributed by atoms with E-state index in [4.69, 9.17) is 0 Å². The van der Waals surface area contributed by atoms with Crippen molar-refractivity contribution in [3.63, 3.8) is 0 Å². The van der Waals surface area contributed by atoms with E-state index >= 15 is 0 Å². The number of benzene rings is 1. The first kappa shape index (κ1) is 23.8. The Morgan fingerprint density at radius 1 is 1.15 bits per heavy atom. The van der Waals surface area contributed by atoms with Gasteiger partial charge in [-0.05, 0) is 56.9 Å². The summed E-state index contributed by atoms with van der Waals surface area (Å²) in [7, 11) is 0. The van der Waals surface area contributed by atoms with Crippen LogP contribution in [0.15, 0.2) is 30.5 Å². The molecule has 1 aliphatic heterocycles. The topological polar surface area (TPSA) is 104 Å². The minimum atomic E-state index is -0.875. The highest BCUT2D eigenvalue weighted by atomic mass is 16.2. The van der Waals surface area contributed by atoms with Crippen molar-refractivity contribution in [3.05, 3.63) is 30.5 Å². The fourth-order valence-corrected chi connectivity index (χ4v) is 5.22. The maximum absolute atomic E-state index is 13.1. The lowest BCUT2D eigenvalue weighted by Gasteiger charge is -2.36. The van der Waals surface area contributed by atoms with Gasteiger partial charge >= 0.3 is 6.03 Å². The maximum atomic E-state index is 13.1. The molecule has 2 unspecified atom stereocenters. The molecule has 9 nitrogen and oxygen atoms in total. The lowest BCUT2D eigenvalue weighted by atomic mass is 9.73. The van der Waals surface area contributed by atoms with E-state index in [2.05, 4.69) is 10.6 Å². The number of aromatic nitrogens is 1. The summed E-state index contributed by atoms with van der Waals surface area (Å²) in [5, 5.41) is 6.55. The first-order valence-electron chi connectivity index (χ1n) is 12.1. The average Bonchev–Trinajstić information content (AvgIpc) is 3.30. The Labute approximate surface area is 199 Å². The summed E-state index contributed by atoms with van der Waals surface area (Å²) in [5.74, 6) is -0.630. The Balaban J connectivity index is 1.42. The van der Waals surface area contributed by atoms with Gasteiger partial charge in [-0.25, -0.2) is 4.79 Å². The fourth-order valence-electron chi connectivity index (χ4n) is 5.22. The summed E-state index contributed by atoms with van der Waals surface area (Å²) < 4.78 is 1.89. The van der Waals surface area contributed by atoms with Gasteiger partial charge in [0, 0.05) is 35.9 Å². The molecule has 2 aromatic rings. The highest BCUT2D eigenvalue weighted by molar-refractivity contribution is 6.10. The predicted octanol–water partition coefficient (Wildman–Crippen LogP) is 2.95. The van der Waals surface area contributed by atoms with E-state index in [0.29, 0.717) is 25.2 Å². The minimum Gasteiger partial charge on any atom is -0.342 e. The Kier molecular flexibility index (Phi) is 6.63. The van der Waals surface area contributed by atoms with Gasteiger partial charge in [0.25, 0.3) is 5.91 Å². The molecule has 2 aliphatic rings. The highest BCUT2D eigenvalue weighted by Gasteiger charge is 2.55. The zero-order valence-electron chi connectivity index (χ0n) is 20.1. The molecule has 2 atom stereocenters. The molecule has 2 N–H and O–H groups in total. The highest BCUT2D eigenvalue weighted by Crippen LogP contribution is 2.38. The second kappa shape index (κ2) is 9.48. The molecule has 9 heteroatoms. The van der Waals surface area contributed by atoms with E-state index in [1.165, 1.54) is 0 Å². The molecule has 0 bridgehead atoms. The molecule has 1 saturated carbocycles. The molecule has 1 aromatic carbocycles. The summed E-state index contributed by atoms with van der Waals surface area (Å²) in [6.07, 6.45) is 5.28. The van der Waals surface area contributed by atoms with Crippen LogP contribution >= 0.6 is 0 Å². The van der Waals surface area contributed by atoms with Crippen LogP contribution in [-0.2, 0) is 20.9 Å². The third-order valence-corrected chi connectivity index (χ3v) is 7.28. The van der Waals surface area contributed by atoms with Crippen LogP contribution in [0.5, 0.6) is 0 Å². The van der Waals surface area contributed by atoms with Crippen LogP contribution in [0, 0.1) is 5.92 Å². The number of nitrogens with zero attached hydrogens (tertiary/aromatic N) is 3. The van der Waals surface area contributed by atoms with E-state index in [9.17, 15) is 19.2 Å². The van der Waals surface area contributed by atoms with Crippen molar-refractivity contribution in [1.82, 2.24) is 19.7 Å². The third-order valence-electron chi connectivity index (χ3n) is 7.28.